The molecule has 4 nitrogen and oxygen atoms in total. The standard InChI is InChI=1S/C10H20N2O2/c1-8-3-9(7-13)5-12(4-8)6-10(14)11-2/h8-9,13H,3-7H2,1-2H3,(H,11,14). The van der Waals surface area contributed by atoms with E-state index in [4.69, 9.17) is 5.11 Å². The molecule has 1 amide bonds. The predicted molar refractivity (Wildman–Crippen MR) is 54.9 cm³/mol. The monoisotopic (exact) mass is 200 g/mol. The Morgan fingerprint density at radius 1 is 1.57 bits per heavy atom. The molecule has 1 fully saturated rings. The maximum atomic E-state index is 11.2. The summed E-state index contributed by atoms with van der Waals surface area (Å²) in [5.74, 6) is 0.963. The van der Waals surface area contributed by atoms with Gasteiger partial charge in [-0.25, -0.2) is 0 Å². The van der Waals surface area contributed by atoms with Crippen molar-refractivity contribution in [1.29, 1.82) is 0 Å². The van der Waals surface area contributed by atoms with E-state index in [9.17, 15) is 4.79 Å². The second kappa shape index (κ2) is 5.32. The summed E-state index contributed by atoms with van der Waals surface area (Å²) in [6.45, 7) is 4.66. The Labute approximate surface area is 85.3 Å². The molecule has 0 aliphatic carbocycles. The summed E-state index contributed by atoms with van der Waals surface area (Å²) in [5, 5.41) is 11.7. The van der Waals surface area contributed by atoms with Crippen molar-refractivity contribution in [2.75, 3.05) is 33.3 Å². The van der Waals surface area contributed by atoms with Crippen LogP contribution >= 0.6 is 0 Å². The Balaban J connectivity index is 2.40. The van der Waals surface area contributed by atoms with Crippen molar-refractivity contribution in [3.63, 3.8) is 0 Å². The van der Waals surface area contributed by atoms with Crippen molar-refractivity contribution in [1.82, 2.24) is 10.2 Å². The quantitative estimate of drug-likeness (QED) is 0.656. The highest BCUT2D eigenvalue weighted by molar-refractivity contribution is 5.77. The number of piperidine rings is 1. The Morgan fingerprint density at radius 3 is 2.86 bits per heavy atom. The van der Waals surface area contributed by atoms with E-state index >= 15 is 0 Å². The van der Waals surface area contributed by atoms with E-state index in [0.717, 1.165) is 19.5 Å². The number of nitrogens with one attached hydrogen (secondary N) is 1. The van der Waals surface area contributed by atoms with Crippen molar-refractivity contribution in [3.05, 3.63) is 0 Å². The minimum Gasteiger partial charge on any atom is -0.396 e. The van der Waals surface area contributed by atoms with Crippen LogP contribution in [0.2, 0.25) is 0 Å². The van der Waals surface area contributed by atoms with Gasteiger partial charge in [-0.15, -0.1) is 0 Å². The number of carbonyl (C=O) groups excluding carboxylic acids is 1. The highest BCUT2D eigenvalue weighted by atomic mass is 16.3. The first-order valence-corrected chi connectivity index (χ1v) is 5.19. The van der Waals surface area contributed by atoms with E-state index in [1.165, 1.54) is 0 Å². The summed E-state index contributed by atoms with van der Waals surface area (Å²) in [6, 6.07) is 0. The molecule has 2 N–H and O–H groups in total. The number of amides is 1. The van der Waals surface area contributed by atoms with E-state index in [1.54, 1.807) is 7.05 Å². The number of rotatable bonds is 3. The lowest BCUT2D eigenvalue weighted by Gasteiger charge is -2.35. The zero-order valence-electron chi connectivity index (χ0n) is 8.99. The molecule has 1 aliphatic rings. The van der Waals surface area contributed by atoms with Gasteiger partial charge >= 0.3 is 0 Å². The van der Waals surface area contributed by atoms with Gasteiger partial charge in [-0.2, -0.15) is 0 Å². The molecule has 0 spiro atoms. The van der Waals surface area contributed by atoms with Crippen LogP contribution in [0.3, 0.4) is 0 Å². The molecule has 1 heterocycles. The van der Waals surface area contributed by atoms with Crippen LogP contribution in [-0.2, 0) is 4.79 Å². The average Bonchev–Trinajstić information content (AvgIpc) is 2.16. The smallest absolute Gasteiger partial charge is 0.233 e. The van der Waals surface area contributed by atoms with Crippen molar-refractivity contribution < 1.29 is 9.90 Å². The summed E-state index contributed by atoms with van der Waals surface area (Å²) in [5.41, 5.74) is 0. The summed E-state index contributed by atoms with van der Waals surface area (Å²) in [4.78, 5) is 13.3. The summed E-state index contributed by atoms with van der Waals surface area (Å²) >= 11 is 0. The molecule has 0 aromatic heterocycles. The molecule has 0 bridgehead atoms. The zero-order valence-corrected chi connectivity index (χ0v) is 8.99. The molecule has 14 heavy (non-hydrogen) atoms. The lowest BCUT2D eigenvalue weighted by Crippen LogP contribution is -2.45. The lowest BCUT2D eigenvalue weighted by atomic mass is 9.91. The predicted octanol–water partition coefficient (Wildman–Crippen LogP) is -0.317. The summed E-state index contributed by atoms with van der Waals surface area (Å²) < 4.78 is 0. The van der Waals surface area contributed by atoms with Crippen LogP contribution in [0.4, 0.5) is 0 Å². The van der Waals surface area contributed by atoms with Crippen LogP contribution in [-0.4, -0.2) is 49.2 Å². The van der Waals surface area contributed by atoms with Gasteiger partial charge in [0.2, 0.25) is 5.91 Å². The van der Waals surface area contributed by atoms with Gasteiger partial charge in [0.25, 0.3) is 0 Å². The topological polar surface area (TPSA) is 52.6 Å². The first kappa shape index (κ1) is 11.5. The second-order valence-corrected chi connectivity index (χ2v) is 4.26. The van der Waals surface area contributed by atoms with Crippen molar-refractivity contribution >= 4 is 5.91 Å². The molecule has 0 aromatic carbocycles. The normalized spacial score (nSPS) is 28.8. The van der Waals surface area contributed by atoms with E-state index in [2.05, 4.69) is 17.1 Å². The molecule has 0 radical (unpaired) electrons. The highest BCUT2D eigenvalue weighted by Gasteiger charge is 2.24. The van der Waals surface area contributed by atoms with Gasteiger partial charge in [-0.3, -0.25) is 9.69 Å². The Hall–Kier alpha value is -0.610. The van der Waals surface area contributed by atoms with E-state index in [-0.39, 0.29) is 12.5 Å². The SMILES string of the molecule is CNC(=O)CN1CC(C)CC(CO)C1. The summed E-state index contributed by atoms with van der Waals surface area (Å²) in [7, 11) is 1.65. The number of hydrogen-bond acceptors (Lipinski definition) is 3. The fourth-order valence-corrected chi connectivity index (χ4v) is 2.14. The van der Waals surface area contributed by atoms with Gasteiger partial charge in [0.1, 0.15) is 0 Å². The maximum absolute atomic E-state index is 11.2. The zero-order chi connectivity index (χ0) is 10.6. The molecular formula is C10H20N2O2. The van der Waals surface area contributed by atoms with Gasteiger partial charge in [-0.1, -0.05) is 6.92 Å². The molecule has 1 rings (SSSR count). The third-order valence-corrected chi connectivity index (χ3v) is 2.73. The second-order valence-electron chi connectivity index (χ2n) is 4.26. The fourth-order valence-electron chi connectivity index (χ4n) is 2.14. The molecule has 0 aromatic rings. The first-order chi connectivity index (χ1) is 6.65. The van der Waals surface area contributed by atoms with Crippen LogP contribution in [0, 0.1) is 11.8 Å². The number of likely N-dealkylation sites (N-methyl/N-ethyl adjacent to an activating group) is 1. The Morgan fingerprint density at radius 2 is 2.29 bits per heavy atom. The van der Waals surface area contributed by atoms with Gasteiger partial charge in [0.05, 0.1) is 6.54 Å². The molecule has 2 atom stereocenters. The minimum absolute atomic E-state index is 0.0517. The van der Waals surface area contributed by atoms with E-state index < -0.39 is 0 Å². The maximum Gasteiger partial charge on any atom is 0.233 e. The molecule has 82 valence electrons. The number of likely N-dealkylation sites (tertiary alicyclic amines) is 1. The fraction of sp³-hybridized carbons (Fsp3) is 0.900. The van der Waals surface area contributed by atoms with Gasteiger partial charge in [0, 0.05) is 26.7 Å². The molecular weight excluding hydrogens is 180 g/mol. The van der Waals surface area contributed by atoms with Crippen LogP contribution in [0.5, 0.6) is 0 Å². The first-order valence-electron chi connectivity index (χ1n) is 5.19. The number of carbonyl (C=O) groups is 1. The third kappa shape index (κ3) is 3.27. The van der Waals surface area contributed by atoms with Gasteiger partial charge in [-0.05, 0) is 18.3 Å². The van der Waals surface area contributed by atoms with Gasteiger partial charge < -0.3 is 10.4 Å². The van der Waals surface area contributed by atoms with Crippen molar-refractivity contribution in [3.8, 4) is 0 Å². The van der Waals surface area contributed by atoms with Gasteiger partial charge in [0.15, 0.2) is 0 Å². The number of hydrogen-bond donors (Lipinski definition) is 2. The van der Waals surface area contributed by atoms with Crippen molar-refractivity contribution in [2.24, 2.45) is 11.8 Å². The molecule has 1 saturated heterocycles. The van der Waals surface area contributed by atoms with Crippen molar-refractivity contribution in [2.45, 2.75) is 13.3 Å². The molecule has 1 aliphatic heterocycles. The number of nitrogens with zero attached hydrogens (tertiary/aromatic N) is 1. The Kier molecular flexibility index (Phi) is 4.35. The Bertz CT molecular complexity index is 197. The lowest BCUT2D eigenvalue weighted by molar-refractivity contribution is -0.122. The van der Waals surface area contributed by atoms with Crippen LogP contribution in [0.1, 0.15) is 13.3 Å². The van der Waals surface area contributed by atoms with E-state index in [1.807, 2.05) is 0 Å². The largest absolute Gasteiger partial charge is 0.396 e. The van der Waals surface area contributed by atoms with Crippen LogP contribution in [0.15, 0.2) is 0 Å². The molecule has 0 saturated carbocycles. The minimum atomic E-state index is 0.0517. The molecule has 2 unspecified atom stereocenters. The van der Waals surface area contributed by atoms with E-state index in [0.29, 0.717) is 18.4 Å². The third-order valence-electron chi connectivity index (χ3n) is 2.73. The average molecular weight is 200 g/mol. The number of aliphatic hydroxyl groups is 1. The van der Waals surface area contributed by atoms with Crippen LogP contribution in [0.25, 0.3) is 0 Å². The number of aliphatic hydroxyl groups excluding tert-OH is 1. The highest BCUT2D eigenvalue weighted by Crippen LogP contribution is 2.20. The van der Waals surface area contributed by atoms with Crippen LogP contribution < -0.4 is 5.32 Å². The molecule has 4 heteroatoms. The summed E-state index contributed by atoms with van der Waals surface area (Å²) in [6.07, 6.45) is 1.07.